The molecular weight excluding hydrogens is 621 g/mol. The van der Waals surface area contributed by atoms with E-state index in [0.29, 0.717) is 29.4 Å². The molecule has 2 aromatic heterocycles. The number of aromatic nitrogens is 4. The zero-order valence-electron chi connectivity index (χ0n) is 28.3. The molecule has 4 fully saturated rings. The largest absolute Gasteiger partial charge is 0.277 e. The van der Waals surface area contributed by atoms with Crippen LogP contribution in [0.4, 0.5) is 0 Å². The quantitative estimate of drug-likeness (QED) is 0.190. The van der Waals surface area contributed by atoms with Gasteiger partial charge >= 0.3 is 0 Å². The first kappa shape index (κ1) is 28.1. The summed E-state index contributed by atoms with van der Waals surface area (Å²) < 4.78 is 2.38. The minimum Gasteiger partial charge on any atom is -0.277 e. The fourth-order valence-electron chi connectivity index (χ4n) is 11.5. The lowest BCUT2D eigenvalue weighted by molar-refractivity contribution is -0.0399. The standard InChI is InChI=1S/C47H36N4/c1-3-12-31(13-4-1)44-48-45(32-14-5-2-6-15-32)50-46(49-44)51-42-27-41-38(26-39(42)37-20-19-30-11-7-8-16-35(30)43(37)51)36-17-9-10-18-40(36)47(41)33-22-28-21-29(24-33)25-34(47)23-28/h1-20,26-29,33-34H,21-25H2. The number of rotatable bonds is 3. The third kappa shape index (κ3) is 3.77. The molecule has 5 aliphatic carbocycles. The Kier molecular flexibility index (Phi) is 5.64. The molecule has 6 aromatic carbocycles. The molecule has 244 valence electrons. The summed E-state index contributed by atoms with van der Waals surface area (Å²) in [7, 11) is 0. The van der Waals surface area contributed by atoms with Crippen LogP contribution in [0.5, 0.6) is 0 Å². The van der Waals surface area contributed by atoms with Crippen LogP contribution in [0.1, 0.15) is 43.2 Å². The lowest BCUT2D eigenvalue weighted by Crippen LogP contribution is -2.55. The Balaban J connectivity index is 1.21. The van der Waals surface area contributed by atoms with Gasteiger partial charge in [-0.1, -0.05) is 121 Å². The van der Waals surface area contributed by atoms with Gasteiger partial charge in [0.2, 0.25) is 5.95 Å². The maximum Gasteiger partial charge on any atom is 0.238 e. The van der Waals surface area contributed by atoms with E-state index < -0.39 is 0 Å². The Labute approximate surface area is 296 Å². The molecule has 2 heterocycles. The van der Waals surface area contributed by atoms with Crippen molar-refractivity contribution in [2.75, 3.05) is 0 Å². The highest BCUT2D eigenvalue weighted by atomic mass is 15.2. The molecule has 4 heteroatoms. The molecule has 5 aliphatic rings. The molecule has 0 unspecified atom stereocenters. The molecule has 8 aromatic rings. The van der Waals surface area contributed by atoms with Crippen molar-refractivity contribution in [1.29, 1.82) is 0 Å². The van der Waals surface area contributed by atoms with Gasteiger partial charge in [0, 0.05) is 32.7 Å². The Morgan fingerprint density at radius 3 is 1.82 bits per heavy atom. The smallest absolute Gasteiger partial charge is 0.238 e. The summed E-state index contributed by atoms with van der Waals surface area (Å²) in [5.74, 6) is 5.20. The topological polar surface area (TPSA) is 43.6 Å². The van der Waals surface area contributed by atoms with Gasteiger partial charge in [-0.3, -0.25) is 4.57 Å². The van der Waals surface area contributed by atoms with Crippen molar-refractivity contribution < 1.29 is 0 Å². The van der Waals surface area contributed by atoms with E-state index in [-0.39, 0.29) is 5.41 Å². The van der Waals surface area contributed by atoms with Gasteiger partial charge in [0.15, 0.2) is 11.6 Å². The van der Waals surface area contributed by atoms with E-state index >= 15 is 0 Å². The Morgan fingerprint density at radius 1 is 0.490 bits per heavy atom. The van der Waals surface area contributed by atoms with Crippen LogP contribution in [-0.2, 0) is 5.41 Å². The lowest BCUT2D eigenvalue weighted by atomic mass is 9.43. The van der Waals surface area contributed by atoms with Gasteiger partial charge < -0.3 is 0 Å². The zero-order valence-corrected chi connectivity index (χ0v) is 28.3. The van der Waals surface area contributed by atoms with E-state index in [1.807, 2.05) is 12.1 Å². The van der Waals surface area contributed by atoms with Crippen LogP contribution in [0.15, 0.2) is 133 Å². The van der Waals surface area contributed by atoms with E-state index in [4.69, 9.17) is 15.0 Å². The average Bonchev–Trinajstić information content (AvgIpc) is 3.66. The van der Waals surface area contributed by atoms with Crippen LogP contribution in [0.3, 0.4) is 0 Å². The summed E-state index contributed by atoms with van der Waals surface area (Å²) >= 11 is 0. The molecule has 0 radical (unpaired) electrons. The Hall–Kier alpha value is -5.61. The highest BCUT2D eigenvalue weighted by Gasteiger charge is 2.61. The predicted octanol–water partition coefficient (Wildman–Crippen LogP) is 11.2. The maximum atomic E-state index is 5.33. The average molecular weight is 657 g/mol. The van der Waals surface area contributed by atoms with Crippen LogP contribution in [0.2, 0.25) is 0 Å². The number of nitrogens with zero attached hydrogens (tertiary/aromatic N) is 4. The summed E-state index contributed by atoms with van der Waals surface area (Å²) in [4.78, 5) is 15.7. The molecule has 4 nitrogen and oxygen atoms in total. The SMILES string of the molecule is c1ccc(-c2nc(-c3ccccc3)nc(-n3c4cc5c(cc4c4ccc6ccccc6c43)-c3ccccc3C53C4CC5CC(C4)CC3C5)n2)cc1. The summed E-state index contributed by atoms with van der Waals surface area (Å²) in [6, 6.07) is 48.6. The van der Waals surface area contributed by atoms with E-state index in [2.05, 4.69) is 126 Å². The summed E-state index contributed by atoms with van der Waals surface area (Å²) in [6.07, 6.45) is 6.90. The fraction of sp³-hybridized carbons (Fsp3) is 0.213. The van der Waals surface area contributed by atoms with Crippen molar-refractivity contribution in [1.82, 2.24) is 19.5 Å². The number of fused-ring (bicyclic) bond motifs is 8. The minimum absolute atomic E-state index is 0.0698. The van der Waals surface area contributed by atoms with Crippen LogP contribution >= 0.6 is 0 Å². The molecule has 1 spiro atoms. The molecule has 0 N–H and O–H groups in total. The van der Waals surface area contributed by atoms with Crippen molar-refractivity contribution in [2.24, 2.45) is 23.7 Å². The van der Waals surface area contributed by atoms with Crippen molar-refractivity contribution in [3.8, 4) is 39.9 Å². The van der Waals surface area contributed by atoms with Crippen molar-refractivity contribution in [3.63, 3.8) is 0 Å². The summed E-state index contributed by atoms with van der Waals surface area (Å²) in [6.45, 7) is 0. The second kappa shape index (κ2) is 10.2. The van der Waals surface area contributed by atoms with E-state index in [0.717, 1.165) is 28.5 Å². The van der Waals surface area contributed by atoms with Crippen LogP contribution in [-0.4, -0.2) is 19.5 Å². The predicted molar refractivity (Wildman–Crippen MR) is 206 cm³/mol. The van der Waals surface area contributed by atoms with Crippen molar-refractivity contribution in [3.05, 3.63) is 145 Å². The maximum absolute atomic E-state index is 5.33. The van der Waals surface area contributed by atoms with Gasteiger partial charge in [0.25, 0.3) is 0 Å². The second-order valence-corrected chi connectivity index (χ2v) is 15.7. The van der Waals surface area contributed by atoms with E-state index in [1.165, 1.54) is 70.3 Å². The molecule has 51 heavy (non-hydrogen) atoms. The van der Waals surface area contributed by atoms with Gasteiger partial charge in [-0.2, -0.15) is 9.97 Å². The molecule has 13 rings (SSSR count). The third-order valence-electron chi connectivity index (χ3n) is 13.2. The first-order chi connectivity index (χ1) is 25.2. The number of benzene rings is 6. The normalized spacial score (nSPS) is 24.2. The van der Waals surface area contributed by atoms with Crippen molar-refractivity contribution in [2.45, 2.75) is 37.5 Å². The molecule has 0 atom stereocenters. The molecule has 0 amide bonds. The molecule has 4 saturated carbocycles. The van der Waals surface area contributed by atoms with Gasteiger partial charge in [0.1, 0.15) is 0 Å². The van der Waals surface area contributed by atoms with Gasteiger partial charge in [-0.25, -0.2) is 4.98 Å². The number of hydrogen-bond donors (Lipinski definition) is 0. The summed E-state index contributed by atoms with van der Waals surface area (Å²) in [5, 5.41) is 4.91. The number of hydrogen-bond acceptors (Lipinski definition) is 3. The van der Waals surface area contributed by atoms with Crippen molar-refractivity contribution >= 4 is 32.6 Å². The monoisotopic (exact) mass is 656 g/mol. The first-order valence-electron chi connectivity index (χ1n) is 18.7. The molecule has 0 saturated heterocycles. The lowest BCUT2D eigenvalue weighted by Gasteiger charge is -2.61. The minimum atomic E-state index is 0.0698. The van der Waals surface area contributed by atoms with Gasteiger partial charge in [-0.05, 0) is 95.5 Å². The van der Waals surface area contributed by atoms with Crippen LogP contribution in [0, 0.1) is 23.7 Å². The van der Waals surface area contributed by atoms with Gasteiger partial charge in [-0.15, -0.1) is 0 Å². The molecular formula is C47H36N4. The second-order valence-electron chi connectivity index (χ2n) is 15.7. The van der Waals surface area contributed by atoms with E-state index in [1.54, 1.807) is 11.1 Å². The Bertz CT molecular complexity index is 2620. The van der Waals surface area contributed by atoms with Crippen LogP contribution in [0.25, 0.3) is 72.4 Å². The van der Waals surface area contributed by atoms with Gasteiger partial charge in [0.05, 0.1) is 11.0 Å². The highest BCUT2D eigenvalue weighted by molar-refractivity contribution is 6.19. The Morgan fingerprint density at radius 2 is 1.12 bits per heavy atom. The summed E-state index contributed by atoms with van der Waals surface area (Å²) in [5.41, 5.74) is 10.4. The van der Waals surface area contributed by atoms with E-state index in [9.17, 15) is 0 Å². The highest BCUT2D eigenvalue weighted by Crippen LogP contribution is 2.69. The van der Waals surface area contributed by atoms with Crippen LogP contribution < -0.4 is 0 Å². The zero-order chi connectivity index (χ0) is 33.3. The fourth-order valence-corrected chi connectivity index (χ4v) is 11.5. The molecule has 0 aliphatic heterocycles. The first-order valence-corrected chi connectivity index (χ1v) is 18.7. The third-order valence-corrected chi connectivity index (χ3v) is 13.2. The molecule has 4 bridgehead atoms.